The fourth-order valence-electron chi connectivity index (χ4n) is 3.51. The third-order valence-electron chi connectivity index (χ3n) is 5.58. The van der Waals surface area contributed by atoms with E-state index < -0.39 is 119 Å². The second kappa shape index (κ2) is 12.0. The Kier molecular flexibility index (Phi) is 9.51. The predicted molar refractivity (Wildman–Crippen MR) is 121 cm³/mol. The van der Waals surface area contributed by atoms with Gasteiger partial charge in [-0.3, -0.25) is 0 Å². The molecule has 0 heterocycles. The Morgan fingerprint density at radius 3 is 0.957 bits per heavy atom. The molecule has 23 heteroatoms. The molecule has 0 aromatic heterocycles. The van der Waals surface area contributed by atoms with E-state index in [9.17, 15) is 79.0 Å². The Bertz CT molecular complexity index is 1460. The molecule has 0 atom stereocenters. The minimum atomic E-state index is -5.69. The SMILES string of the molecule is Nc1c(OB(Oc2cc(C(F)(F)F)cc(C(F)(F)F)c2)Oc2cc(C(F)(F)F)cc(C(F)(F)F)c2)cc(C(F)(F)F)cc1C(F)(F)F. The summed E-state index contributed by atoms with van der Waals surface area (Å²) in [7, 11) is -3.31. The molecule has 0 aliphatic heterocycles. The maximum Gasteiger partial charge on any atom is 0.864 e. The van der Waals surface area contributed by atoms with Crippen LogP contribution in [0.2, 0.25) is 0 Å². The van der Waals surface area contributed by atoms with Crippen molar-refractivity contribution in [2.45, 2.75) is 37.1 Å². The van der Waals surface area contributed by atoms with Crippen LogP contribution in [0.15, 0.2) is 48.5 Å². The van der Waals surface area contributed by atoms with E-state index in [-0.39, 0.29) is 30.3 Å². The van der Waals surface area contributed by atoms with Gasteiger partial charge in [0.2, 0.25) is 0 Å². The first-order valence-corrected chi connectivity index (χ1v) is 11.6. The average molecular weight is 713 g/mol. The zero-order valence-corrected chi connectivity index (χ0v) is 21.8. The molecule has 3 rings (SSSR count). The smallest absolute Gasteiger partial charge is 0.490 e. The summed E-state index contributed by atoms with van der Waals surface area (Å²) in [4.78, 5) is 0. The Balaban J connectivity index is 2.28. The van der Waals surface area contributed by atoms with Gasteiger partial charge in [-0.05, 0) is 48.5 Å². The van der Waals surface area contributed by atoms with E-state index in [4.69, 9.17) is 5.73 Å². The first-order chi connectivity index (χ1) is 21.0. The quantitative estimate of drug-likeness (QED) is 0.157. The normalized spacial score (nSPS) is 13.4. The van der Waals surface area contributed by atoms with Crippen molar-refractivity contribution < 1.29 is 93.0 Å². The van der Waals surface area contributed by atoms with Crippen LogP contribution in [0.5, 0.6) is 17.2 Å². The first kappa shape index (κ1) is 37.1. The molecule has 3 aromatic carbocycles. The lowest BCUT2D eigenvalue weighted by Crippen LogP contribution is -2.38. The molecule has 0 unspecified atom stereocenters. The highest BCUT2D eigenvalue weighted by atomic mass is 19.4. The summed E-state index contributed by atoms with van der Waals surface area (Å²) in [5.74, 6) is -5.05. The van der Waals surface area contributed by atoms with Crippen molar-refractivity contribution >= 4 is 13.0 Å². The number of rotatable bonds is 6. The van der Waals surface area contributed by atoms with Crippen LogP contribution in [0.4, 0.5) is 84.7 Å². The van der Waals surface area contributed by atoms with Gasteiger partial charge in [-0.25, -0.2) is 0 Å². The number of hydrogen-bond acceptors (Lipinski definition) is 4. The minimum Gasteiger partial charge on any atom is -0.490 e. The highest BCUT2D eigenvalue weighted by Crippen LogP contribution is 2.44. The summed E-state index contributed by atoms with van der Waals surface area (Å²) in [6.07, 6.45) is -33.6. The van der Waals surface area contributed by atoms with Crippen molar-refractivity contribution in [3.63, 3.8) is 0 Å². The topological polar surface area (TPSA) is 53.7 Å². The molecule has 258 valence electrons. The molecule has 4 nitrogen and oxygen atoms in total. The van der Waals surface area contributed by atoms with Crippen LogP contribution in [0.1, 0.15) is 33.4 Å². The van der Waals surface area contributed by atoms with Crippen LogP contribution >= 0.6 is 0 Å². The van der Waals surface area contributed by atoms with Gasteiger partial charge in [0.05, 0.1) is 39.1 Å². The average Bonchev–Trinajstić information content (AvgIpc) is 2.86. The molecule has 0 saturated carbocycles. The molecule has 47 heavy (non-hydrogen) atoms. The van der Waals surface area contributed by atoms with E-state index in [0.717, 1.165) is 0 Å². The second-order valence-corrected chi connectivity index (χ2v) is 9.06. The lowest BCUT2D eigenvalue weighted by atomic mass is 10.0. The molecule has 3 aromatic rings. The van der Waals surface area contributed by atoms with Gasteiger partial charge in [-0.15, -0.1) is 0 Å². The minimum absolute atomic E-state index is 0.237. The summed E-state index contributed by atoms with van der Waals surface area (Å²) < 4.78 is 254. The Labute approximate surface area is 248 Å². The summed E-state index contributed by atoms with van der Waals surface area (Å²) in [6.45, 7) is 0. The third kappa shape index (κ3) is 9.36. The van der Waals surface area contributed by atoms with Crippen LogP contribution < -0.4 is 19.7 Å². The molecule has 0 aliphatic rings. The van der Waals surface area contributed by atoms with E-state index in [0.29, 0.717) is 0 Å². The van der Waals surface area contributed by atoms with Crippen LogP contribution in [-0.2, 0) is 37.1 Å². The van der Waals surface area contributed by atoms with Crippen molar-refractivity contribution in [2.75, 3.05) is 5.73 Å². The Morgan fingerprint density at radius 2 is 0.681 bits per heavy atom. The van der Waals surface area contributed by atoms with Crippen molar-refractivity contribution in [3.05, 3.63) is 81.9 Å². The maximum atomic E-state index is 13.5. The number of alkyl halides is 18. The van der Waals surface area contributed by atoms with Crippen molar-refractivity contribution in [1.82, 2.24) is 0 Å². The lowest BCUT2D eigenvalue weighted by molar-refractivity contribution is -0.144. The van der Waals surface area contributed by atoms with Crippen LogP contribution in [0.25, 0.3) is 0 Å². The largest absolute Gasteiger partial charge is 0.864 e. The highest BCUT2D eigenvalue weighted by molar-refractivity contribution is 6.39. The molecule has 2 N–H and O–H groups in total. The molecular formula is C24H10BF18NO3. The fourth-order valence-corrected chi connectivity index (χ4v) is 3.51. The van der Waals surface area contributed by atoms with Crippen molar-refractivity contribution in [1.29, 1.82) is 0 Å². The van der Waals surface area contributed by atoms with E-state index in [1.807, 2.05) is 0 Å². The molecule has 0 radical (unpaired) electrons. The molecular weight excluding hydrogens is 703 g/mol. The molecule has 0 amide bonds. The van der Waals surface area contributed by atoms with Gasteiger partial charge < -0.3 is 19.7 Å². The third-order valence-corrected chi connectivity index (χ3v) is 5.58. The molecule has 0 saturated heterocycles. The molecule has 0 bridgehead atoms. The molecule has 0 aliphatic carbocycles. The highest BCUT2D eigenvalue weighted by Gasteiger charge is 2.44. The van der Waals surface area contributed by atoms with Gasteiger partial charge in [0, 0.05) is 0 Å². The van der Waals surface area contributed by atoms with E-state index in [1.165, 1.54) is 0 Å². The zero-order valence-electron chi connectivity index (χ0n) is 21.8. The van der Waals surface area contributed by atoms with E-state index in [2.05, 4.69) is 14.0 Å². The van der Waals surface area contributed by atoms with Gasteiger partial charge >= 0.3 is 44.4 Å². The Morgan fingerprint density at radius 1 is 0.383 bits per heavy atom. The summed E-state index contributed by atoms with van der Waals surface area (Å²) in [5, 5.41) is 0. The number of benzene rings is 3. The first-order valence-electron chi connectivity index (χ1n) is 11.6. The summed E-state index contributed by atoms with van der Waals surface area (Å²) in [6, 6.07) is -2.72. The van der Waals surface area contributed by atoms with Crippen molar-refractivity contribution in [2.24, 2.45) is 0 Å². The van der Waals surface area contributed by atoms with Crippen molar-refractivity contribution in [3.8, 4) is 17.2 Å². The van der Waals surface area contributed by atoms with Gasteiger partial charge in [0.25, 0.3) is 0 Å². The summed E-state index contributed by atoms with van der Waals surface area (Å²) in [5.41, 5.74) is -9.49. The van der Waals surface area contributed by atoms with Crippen LogP contribution in [-0.4, -0.2) is 7.32 Å². The van der Waals surface area contributed by atoms with E-state index in [1.54, 1.807) is 0 Å². The lowest BCUT2D eigenvalue weighted by Gasteiger charge is -2.22. The number of halogens is 18. The molecule has 0 spiro atoms. The molecule has 0 fully saturated rings. The number of hydrogen-bond donors (Lipinski definition) is 1. The fraction of sp³-hybridized carbons (Fsp3) is 0.250. The summed E-state index contributed by atoms with van der Waals surface area (Å²) >= 11 is 0. The van der Waals surface area contributed by atoms with Gasteiger partial charge in [0.15, 0.2) is 0 Å². The second-order valence-electron chi connectivity index (χ2n) is 9.06. The predicted octanol–water partition coefficient (Wildman–Crippen LogP) is 9.90. The standard InChI is InChI=1S/C24H10BF18NO3/c26-19(27,28)9-1-10(20(29,30)31)4-14(3-9)45-25(46-15-5-11(21(32,33)34)2-12(6-15)22(35,36)37)47-17-8-13(23(38,39)40)7-16(18(17)44)24(41,42)43/h1-8H,44H2. The van der Waals surface area contributed by atoms with Gasteiger partial charge in [-0.2, -0.15) is 79.0 Å². The monoisotopic (exact) mass is 713 g/mol. The number of anilines is 1. The maximum absolute atomic E-state index is 13.5. The van der Waals surface area contributed by atoms with E-state index >= 15 is 0 Å². The van der Waals surface area contributed by atoms with Crippen LogP contribution in [0, 0.1) is 0 Å². The van der Waals surface area contributed by atoms with Crippen LogP contribution in [0.3, 0.4) is 0 Å². The number of nitrogens with two attached hydrogens (primary N) is 1. The Hall–Kier alpha value is -4.34. The zero-order chi connectivity index (χ0) is 36.1. The number of nitrogen functional groups attached to an aromatic ring is 1. The van der Waals surface area contributed by atoms with Gasteiger partial charge in [-0.1, -0.05) is 0 Å². The van der Waals surface area contributed by atoms with Gasteiger partial charge in [0.1, 0.15) is 17.2 Å².